The van der Waals surface area contributed by atoms with Crippen LogP contribution < -0.4 is 0 Å². The summed E-state index contributed by atoms with van der Waals surface area (Å²) in [6.07, 6.45) is 5.19. The third-order valence-corrected chi connectivity index (χ3v) is 5.28. The first-order valence-electron chi connectivity index (χ1n) is 6.44. The monoisotopic (exact) mass is 236 g/mol. The van der Waals surface area contributed by atoms with E-state index in [-0.39, 0.29) is 28.8 Å². The molecule has 17 heavy (non-hydrogen) atoms. The second kappa shape index (κ2) is 3.14. The van der Waals surface area contributed by atoms with E-state index < -0.39 is 6.10 Å². The van der Waals surface area contributed by atoms with Gasteiger partial charge < -0.3 is 9.84 Å². The van der Waals surface area contributed by atoms with Crippen molar-refractivity contribution in [2.75, 3.05) is 0 Å². The van der Waals surface area contributed by atoms with Gasteiger partial charge in [-0.15, -0.1) is 0 Å². The van der Waals surface area contributed by atoms with Gasteiger partial charge >= 0.3 is 5.97 Å². The second-order valence-corrected chi connectivity index (χ2v) is 6.65. The molecule has 5 atom stereocenters. The lowest BCUT2D eigenvalue weighted by Crippen LogP contribution is -2.54. The van der Waals surface area contributed by atoms with E-state index in [1.54, 1.807) is 6.08 Å². The Bertz CT molecular complexity index is 398. The molecule has 2 fully saturated rings. The van der Waals surface area contributed by atoms with Crippen molar-refractivity contribution >= 4 is 5.97 Å². The van der Waals surface area contributed by atoms with Gasteiger partial charge in [0.15, 0.2) is 0 Å². The smallest absolute Gasteiger partial charge is 0.312 e. The molecule has 1 heterocycles. The van der Waals surface area contributed by atoms with Crippen LogP contribution >= 0.6 is 0 Å². The molecule has 0 amide bonds. The maximum absolute atomic E-state index is 12.0. The lowest BCUT2D eigenvalue weighted by atomic mass is 9.50. The van der Waals surface area contributed by atoms with Crippen molar-refractivity contribution in [3.63, 3.8) is 0 Å². The summed E-state index contributed by atoms with van der Waals surface area (Å²) in [6, 6.07) is 0. The average Bonchev–Trinajstić information content (AvgIpc) is 2.47. The van der Waals surface area contributed by atoms with Crippen molar-refractivity contribution in [2.45, 2.75) is 45.8 Å². The summed E-state index contributed by atoms with van der Waals surface area (Å²) in [7, 11) is 0. The highest BCUT2D eigenvalue weighted by Crippen LogP contribution is 2.61. The Balaban J connectivity index is 2.14. The van der Waals surface area contributed by atoms with Gasteiger partial charge in [-0.25, -0.2) is 0 Å². The summed E-state index contributed by atoms with van der Waals surface area (Å²) in [5.74, 6) is -0.271. The van der Waals surface area contributed by atoms with Crippen LogP contribution in [-0.2, 0) is 9.53 Å². The third kappa shape index (κ3) is 1.23. The van der Waals surface area contributed by atoms with E-state index in [1.165, 1.54) is 0 Å². The quantitative estimate of drug-likeness (QED) is 0.516. The van der Waals surface area contributed by atoms with Crippen LogP contribution in [-0.4, -0.2) is 23.3 Å². The number of hydrogen-bond donors (Lipinski definition) is 1. The minimum atomic E-state index is -0.678. The molecular formula is C14H20O3. The Kier molecular flexibility index (Phi) is 2.08. The number of hydrogen-bond acceptors (Lipinski definition) is 3. The van der Waals surface area contributed by atoms with Gasteiger partial charge in [0.2, 0.25) is 0 Å². The van der Waals surface area contributed by atoms with Crippen molar-refractivity contribution in [2.24, 2.45) is 22.7 Å². The fraction of sp³-hybridized carbons (Fsp3) is 0.786. The highest BCUT2D eigenvalue weighted by molar-refractivity contribution is 5.78. The topological polar surface area (TPSA) is 46.5 Å². The molecule has 2 aliphatic carbocycles. The summed E-state index contributed by atoms with van der Waals surface area (Å²) in [5.41, 5.74) is -0.0544. The number of aliphatic hydroxyl groups excluding tert-OH is 1. The van der Waals surface area contributed by atoms with Gasteiger partial charge in [-0.1, -0.05) is 32.9 Å². The minimum absolute atomic E-state index is 0.0161. The van der Waals surface area contributed by atoms with Crippen LogP contribution in [0.25, 0.3) is 0 Å². The van der Waals surface area contributed by atoms with E-state index in [4.69, 9.17) is 4.74 Å². The molecule has 1 saturated carbocycles. The molecule has 1 saturated heterocycles. The Morgan fingerprint density at radius 1 is 1.35 bits per heavy atom. The summed E-state index contributed by atoms with van der Waals surface area (Å²) >= 11 is 0. The molecule has 3 nitrogen and oxygen atoms in total. The summed E-state index contributed by atoms with van der Waals surface area (Å²) in [5, 5.41) is 10.1. The summed E-state index contributed by atoms with van der Waals surface area (Å²) in [4.78, 5) is 12.0. The van der Waals surface area contributed by atoms with E-state index >= 15 is 0 Å². The molecule has 0 aromatic rings. The van der Waals surface area contributed by atoms with Gasteiger partial charge in [-0.3, -0.25) is 4.79 Å². The zero-order valence-corrected chi connectivity index (χ0v) is 10.6. The van der Waals surface area contributed by atoms with Crippen LogP contribution in [0.1, 0.15) is 33.6 Å². The van der Waals surface area contributed by atoms with Crippen LogP contribution in [0.3, 0.4) is 0 Å². The van der Waals surface area contributed by atoms with Gasteiger partial charge in [-0.05, 0) is 24.2 Å². The van der Waals surface area contributed by atoms with Crippen LogP contribution in [0.4, 0.5) is 0 Å². The fourth-order valence-corrected chi connectivity index (χ4v) is 4.37. The lowest BCUT2D eigenvalue weighted by molar-refractivity contribution is -0.146. The Morgan fingerprint density at radius 2 is 2.06 bits per heavy atom. The Hall–Kier alpha value is -0.830. The van der Waals surface area contributed by atoms with E-state index in [9.17, 15) is 9.90 Å². The van der Waals surface area contributed by atoms with Gasteiger partial charge in [0.05, 0.1) is 12.0 Å². The molecule has 0 aromatic heterocycles. The number of allylic oxidation sites excluding steroid dienone is 1. The zero-order chi connectivity index (χ0) is 12.4. The average molecular weight is 236 g/mol. The molecule has 3 rings (SSSR count). The predicted octanol–water partition coefficient (Wildman–Crippen LogP) is 1.90. The van der Waals surface area contributed by atoms with Gasteiger partial charge in [0.1, 0.15) is 6.10 Å². The number of carbonyl (C=O) groups excluding carboxylic acids is 1. The summed E-state index contributed by atoms with van der Waals surface area (Å²) in [6.45, 7) is 6.62. The molecule has 0 bridgehead atoms. The maximum Gasteiger partial charge on any atom is 0.312 e. The van der Waals surface area contributed by atoms with Crippen LogP contribution in [0.15, 0.2) is 12.2 Å². The van der Waals surface area contributed by atoms with Gasteiger partial charge in [0.25, 0.3) is 0 Å². The number of rotatable bonds is 0. The number of carbonyl (C=O) groups is 1. The molecular weight excluding hydrogens is 216 g/mol. The molecule has 3 aliphatic rings. The number of ether oxygens (including phenoxy) is 1. The van der Waals surface area contributed by atoms with Crippen molar-refractivity contribution in [3.8, 4) is 0 Å². The van der Waals surface area contributed by atoms with Crippen LogP contribution in [0, 0.1) is 22.7 Å². The summed E-state index contributed by atoms with van der Waals surface area (Å²) < 4.78 is 5.51. The van der Waals surface area contributed by atoms with Crippen molar-refractivity contribution in [1.82, 2.24) is 0 Å². The van der Waals surface area contributed by atoms with Crippen molar-refractivity contribution in [3.05, 3.63) is 12.2 Å². The third-order valence-electron chi connectivity index (χ3n) is 5.28. The van der Waals surface area contributed by atoms with Crippen molar-refractivity contribution < 1.29 is 14.6 Å². The molecule has 0 aromatic carbocycles. The Morgan fingerprint density at radius 3 is 2.76 bits per heavy atom. The molecule has 0 unspecified atom stereocenters. The largest absolute Gasteiger partial charge is 0.461 e. The highest BCUT2D eigenvalue weighted by atomic mass is 16.6. The second-order valence-electron chi connectivity index (χ2n) is 6.65. The zero-order valence-electron chi connectivity index (χ0n) is 10.6. The molecule has 3 heteroatoms. The normalized spacial score (nSPS) is 50.9. The van der Waals surface area contributed by atoms with Crippen LogP contribution in [0.5, 0.6) is 0 Å². The number of esters is 1. The molecule has 1 aliphatic heterocycles. The van der Waals surface area contributed by atoms with E-state index in [0.717, 1.165) is 12.8 Å². The lowest BCUT2D eigenvalue weighted by Gasteiger charge is -2.53. The highest BCUT2D eigenvalue weighted by Gasteiger charge is 2.65. The first-order valence-corrected chi connectivity index (χ1v) is 6.44. The predicted molar refractivity (Wildman–Crippen MR) is 63.1 cm³/mol. The van der Waals surface area contributed by atoms with E-state index in [1.807, 2.05) is 0 Å². The fourth-order valence-electron chi connectivity index (χ4n) is 4.37. The van der Waals surface area contributed by atoms with Gasteiger partial charge in [0, 0.05) is 5.41 Å². The molecule has 0 spiro atoms. The SMILES string of the molecule is CC1(C)CC[C@@H]2OC(=O)[C@@H]3[C@@H](O)C=C[C@@H]1[C@]23C. The van der Waals surface area contributed by atoms with E-state index in [0.29, 0.717) is 5.92 Å². The first-order chi connectivity index (χ1) is 7.87. The maximum atomic E-state index is 12.0. The minimum Gasteiger partial charge on any atom is -0.461 e. The standard InChI is InChI=1S/C14H20O3/c1-13(2)7-6-10-14(3)9(13)5-4-8(15)11(14)12(16)17-10/h4-5,8-11,15H,6-7H2,1-3H3/t8-,9-,10-,11-,14+/m0/s1. The molecule has 94 valence electrons. The van der Waals surface area contributed by atoms with E-state index in [2.05, 4.69) is 26.8 Å². The molecule has 1 N–H and O–H groups in total. The first kappa shape index (κ1) is 11.3. The number of aliphatic hydroxyl groups is 1. The van der Waals surface area contributed by atoms with Gasteiger partial charge in [-0.2, -0.15) is 0 Å². The van der Waals surface area contributed by atoms with Crippen molar-refractivity contribution in [1.29, 1.82) is 0 Å². The molecule has 0 radical (unpaired) electrons. The van der Waals surface area contributed by atoms with Crippen LogP contribution in [0.2, 0.25) is 0 Å². The Labute approximate surface area is 102 Å².